The fourth-order valence-electron chi connectivity index (χ4n) is 1.63. The first-order valence-electron chi connectivity index (χ1n) is 5.32. The van der Waals surface area contributed by atoms with Crippen LogP contribution in [0.1, 0.15) is 19.8 Å². The van der Waals surface area contributed by atoms with E-state index < -0.39 is 22.7 Å². The van der Waals surface area contributed by atoms with Crippen LogP contribution in [0.5, 0.6) is 0 Å². The predicted octanol–water partition coefficient (Wildman–Crippen LogP) is -1.14. The Bertz CT molecular complexity index is 360. The zero-order valence-electron chi connectivity index (χ0n) is 9.64. The fourth-order valence-corrected chi connectivity index (χ4v) is 2.21. The highest BCUT2D eigenvalue weighted by Crippen LogP contribution is 2.16. The van der Waals surface area contributed by atoms with E-state index in [4.69, 9.17) is 8.97 Å². The molecule has 0 aromatic rings. The average Bonchev–Trinajstić information content (AvgIpc) is 2.15. The van der Waals surface area contributed by atoms with Gasteiger partial charge in [0, 0.05) is 13.1 Å². The molecule has 7 heteroatoms. The molecule has 5 nitrogen and oxygen atoms in total. The van der Waals surface area contributed by atoms with Crippen LogP contribution in [0.3, 0.4) is 0 Å². The second-order valence-corrected chi connectivity index (χ2v) is 4.69. The molecule has 1 aliphatic heterocycles. The van der Waals surface area contributed by atoms with Crippen LogP contribution in [0.2, 0.25) is 0 Å². The van der Waals surface area contributed by atoms with Gasteiger partial charge in [-0.25, -0.2) is 12.7 Å². The predicted molar refractivity (Wildman–Crippen MR) is 58.0 cm³/mol. The summed E-state index contributed by atoms with van der Waals surface area (Å²) in [5.41, 5.74) is 0. The first-order chi connectivity index (χ1) is 7.30. The summed E-state index contributed by atoms with van der Waals surface area (Å²) in [7, 11) is 1.47. The maximum atomic E-state index is 11.6. The van der Waals surface area contributed by atoms with Crippen LogP contribution in [0.4, 0.5) is 0 Å². The number of piperidine rings is 1. The maximum absolute atomic E-state index is 11.6. The molecule has 0 saturated carbocycles. The van der Waals surface area contributed by atoms with Crippen LogP contribution in [0.25, 0.3) is 0 Å². The highest BCUT2D eigenvalue weighted by molar-refractivity contribution is 7.69. The molecule has 15 heavy (non-hydrogen) atoms. The Morgan fingerprint density at radius 1 is 1.73 bits per heavy atom. The van der Waals surface area contributed by atoms with Crippen molar-refractivity contribution >= 4 is 24.5 Å². The first-order valence-corrected chi connectivity index (χ1v) is 5.94. The minimum absolute atomic E-state index is 0.0738. The molecule has 1 N–H and O–H groups in total. The Morgan fingerprint density at radius 2 is 2.40 bits per heavy atom. The molecule has 84 valence electrons. The van der Waals surface area contributed by atoms with E-state index in [-0.39, 0.29) is 12.5 Å². The number of nitrogens with zero attached hydrogens (tertiary/aromatic N) is 1. The molecule has 0 aromatic heterocycles. The van der Waals surface area contributed by atoms with Crippen molar-refractivity contribution < 1.29 is 13.2 Å². The molecule has 1 saturated heterocycles. The summed E-state index contributed by atoms with van der Waals surface area (Å²) >= 11 is 0. The van der Waals surface area contributed by atoms with Gasteiger partial charge >= 0.3 is 0 Å². The van der Waals surface area contributed by atoms with Crippen LogP contribution in [-0.4, -0.2) is 46.6 Å². The van der Waals surface area contributed by atoms with Crippen molar-refractivity contribution in [3.8, 4) is 0 Å². The quantitative estimate of drug-likeness (QED) is 0.476. The van der Waals surface area contributed by atoms with Gasteiger partial charge in [-0.05, 0) is 18.8 Å². The van der Waals surface area contributed by atoms with E-state index in [0.717, 1.165) is 4.31 Å². The molecule has 0 bridgehead atoms. The number of carbonyl (C=O) groups is 1. The summed E-state index contributed by atoms with van der Waals surface area (Å²) in [6.07, 6.45) is 1.22. The third-order valence-electron chi connectivity index (χ3n) is 2.34. The third-order valence-corrected chi connectivity index (χ3v) is 3.09. The van der Waals surface area contributed by atoms with Crippen molar-refractivity contribution in [1.29, 1.82) is 1.12 Å². The van der Waals surface area contributed by atoms with E-state index in [1.807, 2.05) is 0 Å². The number of thiol groups is 1. The normalized spacial score (nSPS) is 26.7. The van der Waals surface area contributed by atoms with E-state index in [1.54, 1.807) is 6.92 Å². The number of rotatable bonds is 3. The van der Waals surface area contributed by atoms with Gasteiger partial charge in [0.15, 0.2) is 1.12 Å². The average molecular weight is 231 g/mol. The monoisotopic (exact) mass is 231 g/mol. The van der Waals surface area contributed by atoms with Gasteiger partial charge in [0.05, 0.1) is 13.8 Å². The minimum Gasteiger partial charge on any atom is -0.362 e. The van der Waals surface area contributed by atoms with Crippen LogP contribution in [0.15, 0.2) is 0 Å². The molecule has 1 amide bonds. The van der Waals surface area contributed by atoms with E-state index in [9.17, 15) is 13.2 Å². The van der Waals surface area contributed by atoms with Gasteiger partial charge in [-0.1, -0.05) is 6.92 Å². The number of carbonyl (C=O) groups excluding carboxylic acids is 1. The molecule has 1 heterocycles. The lowest BCUT2D eigenvalue weighted by molar-refractivity contribution is -0.126. The zero-order valence-corrected chi connectivity index (χ0v) is 9.46. The van der Waals surface area contributed by atoms with Crippen molar-refractivity contribution in [3.63, 3.8) is 0 Å². The van der Waals surface area contributed by atoms with E-state index in [0.29, 0.717) is 19.4 Å². The lowest BCUT2D eigenvalue weighted by Gasteiger charge is -2.28. The molecule has 0 aromatic carbocycles. The van der Waals surface area contributed by atoms with Crippen molar-refractivity contribution in [2.45, 2.75) is 25.7 Å². The molecule has 2 unspecified atom stereocenters. The Balaban J connectivity index is 2.60. The topological polar surface area (TPSA) is 66.5 Å². The van der Waals surface area contributed by atoms with Gasteiger partial charge in [0.25, 0.3) is 0 Å². The van der Waals surface area contributed by atoms with Crippen molar-refractivity contribution in [2.75, 3.05) is 13.1 Å². The van der Waals surface area contributed by atoms with Gasteiger partial charge in [-0.3, -0.25) is 4.79 Å². The largest absolute Gasteiger partial charge is 0.362 e. The van der Waals surface area contributed by atoms with Gasteiger partial charge in [0.1, 0.15) is 0 Å². The van der Waals surface area contributed by atoms with Crippen LogP contribution in [-0.2, 0) is 15.6 Å². The van der Waals surface area contributed by atoms with Crippen molar-refractivity contribution in [1.82, 2.24) is 9.62 Å². The molecule has 1 fully saturated rings. The number of hydrogen-bond donors (Lipinski definition) is 2. The summed E-state index contributed by atoms with van der Waals surface area (Å²) in [6.45, 7) is 2.03. The highest BCUT2D eigenvalue weighted by atomic mass is 32.2. The Morgan fingerprint density at radius 3 is 2.93 bits per heavy atom. The number of nitrogens with one attached hydrogen (secondary N) is 1. The van der Waals surface area contributed by atoms with Crippen molar-refractivity contribution in [3.05, 3.63) is 0 Å². The second-order valence-electron chi connectivity index (χ2n) is 3.74. The van der Waals surface area contributed by atoms with Crippen LogP contribution in [0, 0.1) is 5.92 Å². The molecular formula is C8H15BN2O3S. The smallest absolute Gasteiger partial charge is 0.223 e. The maximum Gasteiger partial charge on any atom is 0.223 e. The van der Waals surface area contributed by atoms with E-state index in [2.05, 4.69) is 5.32 Å². The number of hydrogen-bond acceptors (Lipinski definition) is 3. The molecule has 1 rings (SSSR count). The molecule has 0 aliphatic carbocycles. The first kappa shape index (κ1) is 10.9. The molecular weight excluding hydrogens is 215 g/mol. The lowest BCUT2D eigenvalue weighted by Crippen LogP contribution is -2.44. The SMILES string of the molecule is [2H]S(=O)(=O)N1CCCC(C(=O)NC([B])C)C1. The molecule has 1 aliphatic rings. The Hall–Kier alpha value is -0.555. The van der Waals surface area contributed by atoms with Crippen LogP contribution < -0.4 is 5.32 Å². The Kier molecular flexibility index (Phi) is 4.02. The minimum atomic E-state index is -3.95. The summed E-state index contributed by atoms with van der Waals surface area (Å²) in [5, 5.41) is 2.54. The van der Waals surface area contributed by atoms with Crippen LogP contribution >= 0.6 is 0 Å². The highest BCUT2D eigenvalue weighted by Gasteiger charge is 2.26. The molecule has 2 atom stereocenters. The van der Waals surface area contributed by atoms with Gasteiger partial charge in [-0.2, -0.15) is 0 Å². The van der Waals surface area contributed by atoms with Gasteiger partial charge in [0.2, 0.25) is 16.7 Å². The van der Waals surface area contributed by atoms with Crippen molar-refractivity contribution in [2.24, 2.45) is 5.92 Å². The molecule has 0 spiro atoms. The summed E-state index contributed by atoms with van der Waals surface area (Å²) in [5.74, 6) is -1.10. The van der Waals surface area contributed by atoms with Gasteiger partial charge in [-0.15, -0.1) is 0 Å². The lowest BCUT2D eigenvalue weighted by atomic mass is 9.95. The van der Waals surface area contributed by atoms with Gasteiger partial charge < -0.3 is 5.32 Å². The fraction of sp³-hybridized carbons (Fsp3) is 0.875. The van der Waals surface area contributed by atoms with E-state index >= 15 is 0 Å². The Labute approximate surface area is 93.8 Å². The summed E-state index contributed by atoms with van der Waals surface area (Å²) in [6, 6.07) is 0. The zero-order chi connectivity index (χ0) is 12.3. The second kappa shape index (κ2) is 5.51. The summed E-state index contributed by atoms with van der Waals surface area (Å²) in [4.78, 5) is 11.6. The molecule has 2 radical (unpaired) electrons. The number of amides is 1. The van der Waals surface area contributed by atoms with E-state index in [1.165, 1.54) is 0 Å². The third kappa shape index (κ3) is 3.83. The standard InChI is InChI=1S/C8H15BN2O3S/c1-6(9)10-8(12)7-3-2-4-11(5-7)15(13)14/h6-7,15H,2-5H2,1H3,(H,10,12)/i15D. The summed E-state index contributed by atoms with van der Waals surface area (Å²) < 4.78 is 30.0.